The van der Waals surface area contributed by atoms with Gasteiger partial charge in [0.2, 0.25) is 0 Å². The van der Waals surface area contributed by atoms with Gasteiger partial charge in [0.05, 0.1) is 12.2 Å². The summed E-state index contributed by atoms with van der Waals surface area (Å²) in [6.45, 7) is 2.12. The van der Waals surface area contributed by atoms with E-state index in [0.717, 1.165) is 12.8 Å². The topological polar surface area (TPSA) is 9.23 Å². The molecule has 0 saturated heterocycles. The average molecular weight is 211 g/mol. The number of alkyl halides is 1. The van der Waals surface area contributed by atoms with Crippen molar-refractivity contribution in [3.63, 3.8) is 0 Å². The maximum atomic E-state index is 5.87. The van der Waals surface area contributed by atoms with Crippen LogP contribution in [-0.4, -0.2) is 12.0 Å². The zero-order valence-electron chi connectivity index (χ0n) is 8.37. The van der Waals surface area contributed by atoms with E-state index < -0.39 is 0 Å². The fraction of sp³-hybridized carbons (Fsp3) is 0.500. The molecule has 0 fully saturated rings. The van der Waals surface area contributed by atoms with Crippen LogP contribution in [0.25, 0.3) is 0 Å². The highest BCUT2D eigenvalue weighted by Gasteiger charge is 2.23. The Morgan fingerprint density at radius 3 is 3.00 bits per heavy atom. The highest BCUT2D eigenvalue weighted by Crippen LogP contribution is 2.32. The zero-order valence-corrected chi connectivity index (χ0v) is 9.13. The monoisotopic (exact) mass is 210 g/mol. The quantitative estimate of drug-likeness (QED) is 0.681. The fourth-order valence-corrected chi connectivity index (χ4v) is 2.27. The molecular weight excluding hydrogens is 196 g/mol. The summed E-state index contributed by atoms with van der Waals surface area (Å²) >= 11 is 5.77. The van der Waals surface area contributed by atoms with Crippen LogP contribution in [0, 0.1) is 0 Å². The summed E-state index contributed by atoms with van der Waals surface area (Å²) in [5.74, 6) is 0.658. The van der Waals surface area contributed by atoms with Crippen molar-refractivity contribution >= 4 is 11.6 Å². The molecule has 0 spiro atoms. The van der Waals surface area contributed by atoms with E-state index in [9.17, 15) is 0 Å². The Morgan fingerprint density at radius 1 is 1.43 bits per heavy atom. The lowest BCUT2D eigenvalue weighted by atomic mass is 9.93. The predicted octanol–water partition coefficient (Wildman–Crippen LogP) is 3.32. The maximum absolute atomic E-state index is 5.87. The second kappa shape index (κ2) is 4.33. The number of fused-ring (bicyclic) bond motifs is 1. The molecule has 0 aromatic heterocycles. The largest absolute Gasteiger partial charge is 0.370 e. The normalized spacial score (nSPS) is 25.9. The van der Waals surface area contributed by atoms with Gasteiger partial charge in [0.1, 0.15) is 0 Å². The molecule has 0 unspecified atom stereocenters. The summed E-state index contributed by atoms with van der Waals surface area (Å²) in [5, 5.41) is 0. The van der Waals surface area contributed by atoms with Crippen molar-refractivity contribution in [1.29, 1.82) is 0 Å². The number of hydrogen-bond acceptors (Lipinski definition) is 1. The zero-order chi connectivity index (χ0) is 9.97. The van der Waals surface area contributed by atoms with Gasteiger partial charge in [-0.25, -0.2) is 0 Å². The molecule has 76 valence electrons. The van der Waals surface area contributed by atoms with Crippen LogP contribution >= 0.6 is 11.6 Å². The summed E-state index contributed by atoms with van der Waals surface area (Å²) in [6.07, 6.45) is 2.45. The highest BCUT2D eigenvalue weighted by atomic mass is 35.5. The van der Waals surface area contributed by atoms with Gasteiger partial charge in [0.15, 0.2) is 0 Å². The Balaban J connectivity index is 2.28. The lowest BCUT2D eigenvalue weighted by molar-refractivity contribution is -0.0167. The summed E-state index contributed by atoms with van der Waals surface area (Å²) in [6, 6.07) is 8.50. The van der Waals surface area contributed by atoms with Crippen LogP contribution in [-0.2, 0) is 11.2 Å². The molecule has 0 radical (unpaired) electrons. The Bertz CT molecular complexity index is 311. The molecular formula is C12H15ClO. The molecule has 14 heavy (non-hydrogen) atoms. The Morgan fingerprint density at radius 2 is 2.21 bits per heavy atom. The number of rotatable bonds is 2. The molecule has 1 aliphatic heterocycles. The van der Waals surface area contributed by atoms with Crippen molar-refractivity contribution in [2.75, 3.05) is 5.88 Å². The molecule has 1 aromatic rings. The molecule has 0 aliphatic carbocycles. The third-order valence-electron chi connectivity index (χ3n) is 2.68. The SMILES string of the molecule is C[C@@H]1Cc2ccccc2[C@@H](CCCl)O1. The second-order valence-corrected chi connectivity index (χ2v) is 4.19. The molecule has 2 rings (SSSR count). The molecule has 2 atom stereocenters. The van der Waals surface area contributed by atoms with E-state index in [4.69, 9.17) is 16.3 Å². The van der Waals surface area contributed by atoms with Crippen molar-refractivity contribution in [3.8, 4) is 0 Å². The molecule has 0 amide bonds. The van der Waals surface area contributed by atoms with Gasteiger partial charge in [-0.15, -0.1) is 11.6 Å². The van der Waals surface area contributed by atoms with Crippen molar-refractivity contribution < 1.29 is 4.74 Å². The first-order chi connectivity index (χ1) is 6.81. The molecule has 0 saturated carbocycles. The fourth-order valence-electron chi connectivity index (χ4n) is 2.07. The molecule has 0 bridgehead atoms. The van der Waals surface area contributed by atoms with Gasteiger partial charge in [-0.3, -0.25) is 0 Å². The number of hydrogen-bond donors (Lipinski definition) is 0. The minimum atomic E-state index is 0.201. The molecule has 1 nitrogen and oxygen atoms in total. The lowest BCUT2D eigenvalue weighted by Gasteiger charge is -2.30. The van der Waals surface area contributed by atoms with Gasteiger partial charge in [0.25, 0.3) is 0 Å². The average Bonchev–Trinajstić information content (AvgIpc) is 2.18. The lowest BCUT2D eigenvalue weighted by Crippen LogP contribution is -2.23. The third-order valence-corrected chi connectivity index (χ3v) is 2.90. The minimum Gasteiger partial charge on any atom is -0.370 e. The van der Waals surface area contributed by atoms with Gasteiger partial charge in [-0.2, -0.15) is 0 Å². The van der Waals surface area contributed by atoms with E-state index in [2.05, 4.69) is 31.2 Å². The first-order valence-corrected chi connectivity index (χ1v) is 5.64. The summed E-state index contributed by atoms with van der Waals surface area (Å²) in [4.78, 5) is 0. The van der Waals surface area contributed by atoms with Gasteiger partial charge in [-0.05, 0) is 30.9 Å². The van der Waals surface area contributed by atoms with E-state index in [1.54, 1.807) is 0 Å². The van der Waals surface area contributed by atoms with Crippen LogP contribution in [0.4, 0.5) is 0 Å². The predicted molar refractivity (Wildman–Crippen MR) is 58.8 cm³/mol. The van der Waals surface area contributed by atoms with Crippen molar-refractivity contribution in [3.05, 3.63) is 35.4 Å². The van der Waals surface area contributed by atoms with Gasteiger partial charge >= 0.3 is 0 Å². The van der Waals surface area contributed by atoms with E-state index in [-0.39, 0.29) is 6.10 Å². The maximum Gasteiger partial charge on any atom is 0.0842 e. The van der Waals surface area contributed by atoms with E-state index >= 15 is 0 Å². The van der Waals surface area contributed by atoms with Crippen LogP contribution in [0.3, 0.4) is 0 Å². The number of benzene rings is 1. The summed E-state index contributed by atoms with van der Waals surface area (Å²) < 4.78 is 5.87. The Labute approximate surface area is 90.0 Å². The number of halogens is 1. The smallest absolute Gasteiger partial charge is 0.0842 e. The Kier molecular flexibility index (Phi) is 3.09. The van der Waals surface area contributed by atoms with Crippen molar-refractivity contribution in [2.45, 2.75) is 32.0 Å². The second-order valence-electron chi connectivity index (χ2n) is 3.82. The first-order valence-electron chi connectivity index (χ1n) is 5.10. The van der Waals surface area contributed by atoms with Crippen LogP contribution in [0.15, 0.2) is 24.3 Å². The molecule has 2 heteroatoms. The van der Waals surface area contributed by atoms with E-state index in [1.165, 1.54) is 11.1 Å². The van der Waals surface area contributed by atoms with Gasteiger partial charge < -0.3 is 4.74 Å². The minimum absolute atomic E-state index is 0.201. The summed E-state index contributed by atoms with van der Waals surface area (Å²) in [5.41, 5.74) is 2.74. The molecule has 1 aliphatic rings. The molecule has 1 heterocycles. The van der Waals surface area contributed by atoms with Crippen molar-refractivity contribution in [2.24, 2.45) is 0 Å². The van der Waals surface area contributed by atoms with Gasteiger partial charge in [-0.1, -0.05) is 24.3 Å². The van der Waals surface area contributed by atoms with E-state index in [0.29, 0.717) is 12.0 Å². The van der Waals surface area contributed by atoms with Crippen molar-refractivity contribution in [1.82, 2.24) is 0 Å². The standard InChI is InChI=1S/C12H15ClO/c1-9-8-10-4-2-3-5-11(10)12(14-9)6-7-13/h2-5,9,12H,6-8H2,1H3/t9-,12-/m1/s1. The Hall–Kier alpha value is -0.530. The van der Waals surface area contributed by atoms with Crippen LogP contribution in [0.1, 0.15) is 30.6 Å². The molecule has 0 N–H and O–H groups in total. The van der Waals surface area contributed by atoms with Gasteiger partial charge in [0, 0.05) is 5.88 Å². The van der Waals surface area contributed by atoms with Crippen LogP contribution in [0.2, 0.25) is 0 Å². The highest BCUT2D eigenvalue weighted by molar-refractivity contribution is 6.17. The van der Waals surface area contributed by atoms with Crippen LogP contribution in [0.5, 0.6) is 0 Å². The summed E-state index contributed by atoms with van der Waals surface area (Å²) in [7, 11) is 0. The molecule has 1 aromatic carbocycles. The number of ether oxygens (including phenoxy) is 1. The third kappa shape index (κ3) is 1.94. The first kappa shape index (κ1) is 10.0. The van der Waals surface area contributed by atoms with E-state index in [1.807, 2.05) is 0 Å². The van der Waals surface area contributed by atoms with Crippen LogP contribution < -0.4 is 0 Å².